The number of carbonyl (C=O) groups excluding carboxylic acids is 1. The van der Waals surface area contributed by atoms with E-state index in [9.17, 15) is 14.9 Å². The SMILES string of the molecule is NCC1CCCCC1NC(=O)c1ccc(-n2cncn2)c([N+](=O)[O-])c1. The molecule has 1 heterocycles. The van der Waals surface area contributed by atoms with Gasteiger partial charge in [-0.15, -0.1) is 0 Å². The standard InChI is InChI=1S/C16H20N6O3/c17-8-12-3-1-2-4-13(12)20-16(23)11-5-6-14(15(7-11)22(24)25)21-10-18-9-19-21/h5-7,9-10,12-13H,1-4,8,17H2,(H,20,23). The summed E-state index contributed by atoms with van der Waals surface area (Å²) in [4.78, 5) is 27.2. The van der Waals surface area contributed by atoms with Crippen LogP contribution in [0.1, 0.15) is 36.0 Å². The summed E-state index contributed by atoms with van der Waals surface area (Å²) < 4.78 is 1.30. The highest BCUT2D eigenvalue weighted by atomic mass is 16.6. The van der Waals surface area contributed by atoms with Gasteiger partial charge in [-0.05, 0) is 37.4 Å². The second-order valence-corrected chi connectivity index (χ2v) is 6.16. The van der Waals surface area contributed by atoms with Crippen molar-refractivity contribution in [3.63, 3.8) is 0 Å². The summed E-state index contributed by atoms with van der Waals surface area (Å²) in [6, 6.07) is 4.34. The summed E-state index contributed by atoms with van der Waals surface area (Å²) in [6.07, 6.45) is 6.70. The van der Waals surface area contributed by atoms with Gasteiger partial charge >= 0.3 is 0 Å². The van der Waals surface area contributed by atoms with Gasteiger partial charge in [-0.2, -0.15) is 5.10 Å². The normalized spacial score (nSPS) is 20.2. The van der Waals surface area contributed by atoms with Gasteiger partial charge in [0, 0.05) is 17.7 Å². The van der Waals surface area contributed by atoms with Crippen molar-refractivity contribution in [2.45, 2.75) is 31.7 Å². The molecule has 1 aromatic carbocycles. The Kier molecular flexibility index (Phi) is 5.03. The number of nitrogens with zero attached hydrogens (tertiary/aromatic N) is 4. The lowest BCUT2D eigenvalue weighted by atomic mass is 9.84. The Balaban J connectivity index is 1.83. The molecule has 1 aromatic heterocycles. The fraction of sp³-hybridized carbons (Fsp3) is 0.438. The van der Waals surface area contributed by atoms with Crippen LogP contribution in [0.25, 0.3) is 5.69 Å². The van der Waals surface area contributed by atoms with Gasteiger partial charge < -0.3 is 11.1 Å². The second-order valence-electron chi connectivity index (χ2n) is 6.16. The monoisotopic (exact) mass is 344 g/mol. The Morgan fingerprint density at radius 2 is 2.20 bits per heavy atom. The molecular weight excluding hydrogens is 324 g/mol. The van der Waals surface area contributed by atoms with Crippen molar-refractivity contribution in [2.24, 2.45) is 11.7 Å². The van der Waals surface area contributed by atoms with Crippen LogP contribution in [-0.4, -0.2) is 38.2 Å². The Bertz CT molecular complexity index is 761. The first-order valence-corrected chi connectivity index (χ1v) is 8.24. The molecule has 2 unspecified atom stereocenters. The predicted octanol–water partition coefficient (Wildman–Crippen LogP) is 1.42. The van der Waals surface area contributed by atoms with Crippen LogP contribution in [0.15, 0.2) is 30.9 Å². The van der Waals surface area contributed by atoms with Crippen LogP contribution in [-0.2, 0) is 0 Å². The molecule has 0 spiro atoms. The fourth-order valence-corrected chi connectivity index (χ4v) is 3.27. The highest BCUT2D eigenvalue weighted by Crippen LogP contribution is 2.26. The summed E-state index contributed by atoms with van der Waals surface area (Å²) in [6.45, 7) is 0.524. The number of nitro groups is 1. The van der Waals surface area contributed by atoms with E-state index in [0.717, 1.165) is 25.7 Å². The van der Waals surface area contributed by atoms with Crippen LogP contribution >= 0.6 is 0 Å². The van der Waals surface area contributed by atoms with E-state index >= 15 is 0 Å². The van der Waals surface area contributed by atoms with E-state index in [4.69, 9.17) is 5.73 Å². The minimum Gasteiger partial charge on any atom is -0.349 e. The highest BCUT2D eigenvalue weighted by molar-refractivity contribution is 5.95. The van der Waals surface area contributed by atoms with Gasteiger partial charge in [0.1, 0.15) is 18.3 Å². The topological polar surface area (TPSA) is 129 Å². The predicted molar refractivity (Wildman–Crippen MR) is 90.3 cm³/mol. The van der Waals surface area contributed by atoms with Gasteiger partial charge in [-0.1, -0.05) is 12.8 Å². The van der Waals surface area contributed by atoms with Crippen molar-refractivity contribution in [2.75, 3.05) is 6.54 Å². The highest BCUT2D eigenvalue weighted by Gasteiger charge is 2.26. The first kappa shape index (κ1) is 17.0. The molecule has 3 rings (SSSR count). The molecule has 132 valence electrons. The second kappa shape index (κ2) is 7.39. The number of hydrogen-bond donors (Lipinski definition) is 2. The number of nitrogens with two attached hydrogens (primary N) is 1. The molecule has 0 aliphatic heterocycles. The van der Waals surface area contributed by atoms with E-state index in [1.54, 1.807) is 6.07 Å². The maximum Gasteiger partial charge on any atom is 0.295 e. The molecule has 1 amide bonds. The molecule has 1 aliphatic rings. The van der Waals surface area contributed by atoms with E-state index in [-0.39, 0.29) is 34.8 Å². The van der Waals surface area contributed by atoms with Crippen molar-refractivity contribution < 1.29 is 9.72 Å². The largest absolute Gasteiger partial charge is 0.349 e. The molecule has 0 saturated heterocycles. The molecule has 2 aromatic rings. The molecule has 1 saturated carbocycles. The van der Waals surface area contributed by atoms with E-state index in [0.29, 0.717) is 6.54 Å². The zero-order chi connectivity index (χ0) is 17.8. The summed E-state index contributed by atoms with van der Waals surface area (Å²) in [5, 5.41) is 18.3. The van der Waals surface area contributed by atoms with E-state index in [2.05, 4.69) is 15.4 Å². The number of amides is 1. The average Bonchev–Trinajstić information content (AvgIpc) is 3.16. The van der Waals surface area contributed by atoms with E-state index in [1.165, 1.54) is 29.5 Å². The molecule has 3 N–H and O–H groups in total. The summed E-state index contributed by atoms with van der Waals surface area (Å²) in [7, 11) is 0. The minimum atomic E-state index is -0.531. The molecule has 0 radical (unpaired) electrons. The smallest absolute Gasteiger partial charge is 0.295 e. The summed E-state index contributed by atoms with van der Waals surface area (Å²) in [5.41, 5.74) is 6.10. The number of nitro benzene ring substituents is 1. The van der Waals surface area contributed by atoms with Crippen LogP contribution < -0.4 is 11.1 Å². The van der Waals surface area contributed by atoms with E-state index < -0.39 is 4.92 Å². The third-order valence-electron chi connectivity index (χ3n) is 4.63. The molecule has 9 nitrogen and oxygen atoms in total. The number of carbonyl (C=O) groups is 1. The molecule has 2 atom stereocenters. The van der Waals surface area contributed by atoms with Crippen LogP contribution in [0, 0.1) is 16.0 Å². The number of hydrogen-bond acceptors (Lipinski definition) is 6. The maximum absolute atomic E-state index is 12.5. The minimum absolute atomic E-state index is 0.0142. The Labute approximate surface area is 144 Å². The Morgan fingerprint density at radius 3 is 2.88 bits per heavy atom. The van der Waals surface area contributed by atoms with Crippen molar-refractivity contribution in [3.8, 4) is 5.69 Å². The van der Waals surface area contributed by atoms with Crippen LogP contribution in [0.3, 0.4) is 0 Å². The lowest BCUT2D eigenvalue weighted by Crippen LogP contribution is -2.44. The summed E-state index contributed by atoms with van der Waals surface area (Å²) >= 11 is 0. The average molecular weight is 344 g/mol. The van der Waals surface area contributed by atoms with Gasteiger partial charge in [0.25, 0.3) is 11.6 Å². The van der Waals surface area contributed by atoms with Gasteiger partial charge in [0.05, 0.1) is 4.92 Å². The van der Waals surface area contributed by atoms with Crippen molar-refractivity contribution in [1.82, 2.24) is 20.1 Å². The zero-order valence-electron chi connectivity index (χ0n) is 13.7. The molecule has 1 fully saturated rings. The Hall–Kier alpha value is -2.81. The van der Waals surface area contributed by atoms with Crippen LogP contribution in [0.2, 0.25) is 0 Å². The van der Waals surface area contributed by atoms with E-state index in [1.807, 2.05) is 0 Å². The van der Waals surface area contributed by atoms with Gasteiger partial charge in [0.2, 0.25) is 0 Å². The number of benzene rings is 1. The van der Waals surface area contributed by atoms with Gasteiger partial charge in [0.15, 0.2) is 0 Å². The Morgan fingerprint density at radius 1 is 1.40 bits per heavy atom. The van der Waals surface area contributed by atoms with Crippen molar-refractivity contribution >= 4 is 11.6 Å². The van der Waals surface area contributed by atoms with Crippen molar-refractivity contribution in [1.29, 1.82) is 0 Å². The third-order valence-corrected chi connectivity index (χ3v) is 4.63. The molecule has 0 bridgehead atoms. The first-order chi connectivity index (χ1) is 12.1. The fourth-order valence-electron chi connectivity index (χ4n) is 3.27. The number of nitrogens with one attached hydrogen (secondary N) is 1. The molecular formula is C16H20N6O3. The first-order valence-electron chi connectivity index (χ1n) is 8.24. The van der Waals surface area contributed by atoms with Gasteiger partial charge in [-0.3, -0.25) is 14.9 Å². The molecule has 9 heteroatoms. The number of aromatic nitrogens is 3. The lowest BCUT2D eigenvalue weighted by Gasteiger charge is -2.31. The van der Waals surface area contributed by atoms with Gasteiger partial charge in [-0.25, -0.2) is 9.67 Å². The van der Waals surface area contributed by atoms with Crippen molar-refractivity contribution in [3.05, 3.63) is 46.5 Å². The molecule has 1 aliphatic carbocycles. The maximum atomic E-state index is 12.5. The summed E-state index contributed by atoms with van der Waals surface area (Å²) in [5.74, 6) is -0.0688. The lowest BCUT2D eigenvalue weighted by molar-refractivity contribution is -0.384. The number of rotatable bonds is 5. The third kappa shape index (κ3) is 3.66. The van der Waals surface area contributed by atoms with Crippen LogP contribution in [0.5, 0.6) is 0 Å². The zero-order valence-corrected chi connectivity index (χ0v) is 13.7. The van der Waals surface area contributed by atoms with Crippen LogP contribution in [0.4, 0.5) is 5.69 Å². The quantitative estimate of drug-likeness (QED) is 0.623. The molecule has 25 heavy (non-hydrogen) atoms.